The van der Waals surface area contributed by atoms with Gasteiger partial charge >= 0.3 is 0 Å². The lowest BCUT2D eigenvalue weighted by Crippen LogP contribution is -2.41. The van der Waals surface area contributed by atoms with Crippen molar-refractivity contribution in [3.05, 3.63) is 0 Å². The fraction of sp³-hybridized carbons (Fsp3) is 1.00. The molecule has 1 aliphatic rings. The largest absolute Gasteiger partial charge is 0.316 e. The number of hydrogen-bond donors (Lipinski definition) is 1. The first-order valence-electron chi connectivity index (χ1n) is 7.13. The molecule has 1 N–H and O–H groups in total. The smallest absolute Gasteiger partial charge is 0.150 e. The first-order chi connectivity index (χ1) is 8.63. The zero-order valence-electron chi connectivity index (χ0n) is 12.9. The van der Waals surface area contributed by atoms with Gasteiger partial charge in [-0.15, -0.1) is 0 Å². The van der Waals surface area contributed by atoms with E-state index in [2.05, 4.69) is 26.1 Å². The summed E-state index contributed by atoms with van der Waals surface area (Å²) in [6.45, 7) is 6.68. The molecular formula is C14H29NO2S2. The monoisotopic (exact) mass is 307 g/mol. The minimum absolute atomic E-state index is 0.123. The zero-order chi connectivity index (χ0) is 14.7. The molecule has 0 radical (unpaired) electrons. The van der Waals surface area contributed by atoms with Gasteiger partial charge in [-0.1, -0.05) is 27.2 Å². The van der Waals surface area contributed by atoms with E-state index in [4.69, 9.17) is 0 Å². The summed E-state index contributed by atoms with van der Waals surface area (Å²) in [7, 11) is -0.881. The predicted octanol–water partition coefficient (Wildman–Crippen LogP) is 2.71. The average molecular weight is 308 g/mol. The van der Waals surface area contributed by atoms with Crippen LogP contribution in [0.15, 0.2) is 0 Å². The van der Waals surface area contributed by atoms with E-state index in [1.165, 1.54) is 6.26 Å². The molecule has 114 valence electrons. The fourth-order valence-corrected chi connectivity index (χ4v) is 5.04. The topological polar surface area (TPSA) is 46.2 Å². The van der Waals surface area contributed by atoms with Crippen LogP contribution in [-0.4, -0.2) is 43.5 Å². The highest BCUT2D eigenvalue weighted by Crippen LogP contribution is 2.33. The third-order valence-corrected chi connectivity index (χ3v) is 6.94. The number of rotatable bonds is 5. The molecule has 3 nitrogen and oxygen atoms in total. The minimum Gasteiger partial charge on any atom is -0.316 e. The van der Waals surface area contributed by atoms with E-state index in [0.717, 1.165) is 31.4 Å². The van der Waals surface area contributed by atoms with Crippen molar-refractivity contribution < 1.29 is 8.42 Å². The van der Waals surface area contributed by atoms with Gasteiger partial charge in [0.1, 0.15) is 9.84 Å². The SMILES string of the molecule is CNC(CSC(C)(C)C)C1CCCC(S(C)(=O)=O)C1. The van der Waals surface area contributed by atoms with Crippen LogP contribution in [0.1, 0.15) is 46.5 Å². The Morgan fingerprint density at radius 2 is 1.95 bits per heavy atom. The molecule has 1 saturated carbocycles. The van der Waals surface area contributed by atoms with E-state index in [-0.39, 0.29) is 10.00 Å². The summed E-state index contributed by atoms with van der Waals surface area (Å²) in [6, 6.07) is 0.425. The summed E-state index contributed by atoms with van der Waals surface area (Å²) in [5.74, 6) is 1.55. The highest BCUT2D eigenvalue weighted by Gasteiger charge is 2.32. The first kappa shape index (κ1) is 17.3. The summed E-state index contributed by atoms with van der Waals surface area (Å²) in [6.07, 6.45) is 5.26. The van der Waals surface area contributed by atoms with Crippen LogP contribution in [0.2, 0.25) is 0 Å². The second-order valence-electron chi connectivity index (χ2n) is 6.70. The van der Waals surface area contributed by atoms with Crippen molar-refractivity contribution in [2.45, 2.75) is 62.5 Å². The van der Waals surface area contributed by atoms with E-state index >= 15 is 0 Å². The number of hydrogen-bond acceptors (Lipinski definition) is 4. The Labute approximate surface area is 123 Å². The summed E-state index contributed by atoms with van der Waals surface area (Å²) < 4.78 is 23.7. The molecule has 1 rings (SSSR count). The van der Waals surface area contributed by atoms with E-state index in [0.29, 0.717) is 12.0 Å². The van der Waals surface area contributed by atoms with E-state index in [1.807, 2.05) is 18.8 Å². The predicted molar refractivity (Wildman–Crippen MR) is 85.6 cm³/mol. The summed E-state index contributed by atoms with van der Waals surface area (Å²) in [5, 5.41) is 3.28. The molecule has 3 unspecified atom stereocenters. The first-order valence-corrected chi connectivity index (χ1v) is 10.1. The molecule has 0 amide bonds. The van der Waals surface area contributed by atoms with Crippen LogP contribution in [-0.2, 0) is 9.84 Å². The van der Waals surface area contributed by atoms with Crippen LogP contribution in [0.5, 0.6) is 0 Å². The van der Waals surface area contributed by atoms with Crippen LogP contribution in [0.4, 0.5) is 0 Å². The molecule has 3 atom stereocenters. The molecule has 0 saturated heterocycles. The van der Waals surface area contributed by atoms with Crippen molar-refractivity contribution >= 4 is 21.6 Å². The van der Waals surface area contributed by atoms with Crippen molar-refractivity contribution in [3.8, 4) is 0 Å². The lowest BCUT2D eigenvalue weighted by atomic mass is 9.84. The fourth-order valence-electron chi connectivity index (χ4n) is 2.73. The van der Waals surface area contributed by atoms with Crippen LogP contribution in [0.25, 0.3) is 0 Å². The molecule has 19 heavy (non-hydrogen) atoms. The minimum atomic E-state index is -2.88. The van der Waals surface area contributed by atoms with Crippen LogP contribution in [0, 0.1) is 5.92 Å². The maximum Gasteiger partial charge on any atom is 0.150 e. The van der Waals surface area contributed by atoms with Gasteiger partial charge in [0.15, 0.2) is 0 Å². The molecule has 0 aromatic carbocycles. The third-order valence-electron chi connectivity index (χ3n) is 3.91. The molecule has 1 fully saturated rings. The molecule has 1 aliphatic carbocycles. The van der Waals surface area contributed by atoms with Gasteiger partial charge in [0.05, 0.1) is 5.25 Å². The Morgan fingerprint density at radius 1 is 1.32 bits per heavy atom. The summed E-state index contributed by atoms with van der Waals surface area (Å²) in [5.41, 5.74) is 0. The van der Waals surface area contributed by atoms with Crippen LogP contribution in [0.3, 0.4) is 0 Å². The van der Waals surface area contributed by atoms with Gasteiger partial charge in [-0.2, -0.15) is 11.8 Å². The maximum atomic E-state index is 11.7. The highest BCUT2D eigenvalue weighted by atomic mass is 32.2. The second-order valence-corrected chi connectivity index (χ2v) is 10.9. The Morgan fingerprint density at radius 3 is 2.42 bits per heavy atom. The van der Waals surface area contributed by atoms with Gasteiger partial charge in [0, 0.05) is 22.8 Å². The van der Waals surface area contributed by atoms with Crippen molar-refractivity contribution in [3.63, 3.8) is 0 Å². The third kappa shape index (κ3) is 6.05. The quantitative estimate of drug-likeness (QED) is 0.848. The maximum absolute atomic E-state index is 11.7. The number of thioether (sulfide) groups is 1. The van der Waals surface area contributed by atoms with Gasteiger partial charge in [0.2, 0.25) is 0 Å². The van der Waals surface area contributed by atoms with E-state index < -0.39 is 9.84 Å². The van der Waals surface area contributed by atoms with Crippen LogP contribution >= 0.6 is 11.8 Å². The van der Waals surface area contributed by atoms with Gasteiger partial charge in [0.25, 0.3) is 0 Å². The molecule has 0 aromatic heterocycles. The Kier molecular flexibility index (Phi) is 6.21. The summed E-state index contributed by atoms with van der Waals surface area (Å²) >= 11 is 1.96. The molecule has 5 heteroatoms. The molecule has 0 spiro atoms. The Bertz CT molecular complexity index is 373. The molecule has 0 bridgehead atoms. The van der Waals surface area contributed by atoms with Crippen molar-refractivity contribution in [1.29, 1.82) is 0 Å². The van der Waals surface area contributed by atoms with Crippen molar-refractivity contribution in [1.82, 2.24) is 5.32 Å². The normalized spacial score (nSPS) is 27.2. The van der Waals surface area contributed by atoms with Crippen LogP contribution < -0.4 is 5.32 Å². The average Bonchev–Trinajstić information content (AvgIpc) is 2.27. The molecule has 0 aliphatic heterocycles. The van der Waals surface area contributed by atoms with Gasteiger partial charge in [-0.05, 0) is 32.2 Å². The lowest BCUT2D eigenvalue weighted by molar-refractivity contribution is 0.295. The Hall–Kier alpha value is 0.260. The molecular weight excluding hydrogens is 278 g/mol. The highest BCUT2D eigenvalue weighted by molar-refractivity contribution is 8.00. The molecule has 0 aromatic rings. The van der Waals surface area contributed by atoms with Gasteiger partial charge in [-0.25, -0.2) is 8.42 Å². The van der Waals surface area contributed by atoms with E-state index in [1.54, 1.807) is 0 Å². The second kappa shape index (κ2) is 6.81. The summed E-state index contributed by atoms with van der Waals surface area (Å²) in [4.78, 5) is 0. The lowest BCUT2D eigenvalue weighted by Gasteiger charge is -2.34. The standard InChI is InChI=1S/C14H29NO2S2/c1-14(2,3)18-10-13(15-4)11-7-6-8-12(9-11)19(5,16)17/h11-13,15H,6-10H2,1-5H3. The zero-order valence-corrected chi connectivity index (χ0v) is 14.5. The number of nitrogens with one attached hydrogen (secondary N) is 1. The number of sulfone groups is 1. The van der Waals surface area contributed by atoms with Gasteiger partial charge < -0.3 is 5.32 Å². The van der Waals surface area contributed by atoms with Crippen molar-refractivity contribution in [2.24, 2.45) is 5.92 Å². The van der Waals surface area contributed by atoms with E-state index in [9.17, 15) is 8.42 Å². The van der Waals surface area contributed by atoms with Crippen molar-refractivity contribution in [2.75, 3.05) is 19.1 Å². The molecule has 0 heterocycles. The van der Waals surface area contributed by atoms with Gasteiger partial charge in [-0.3, -0.25) is 0 Å². The Balaban J connectivity index is 2.61.